The Bertz CT molecular complexity index is 1190. The molecule has 1 aliphatic carbocycles. The van der Waals surface area contributed by atoms with Crippen LogP contribution in [-0.4, -0.2) is 16.7 Å². The topological polar surface area (TPSA) is 44.1 Å². The van der Waals surface area contributed by atoms with Gasteiger partial charge in [0.2, 0.25) is 0 Å². The Morgan fingerprint density at radius 3 is 2.74 bits per heavy atom. The van der Waals surface area contributed by atoms with Crippen LogP contribution in [0, 0.1) is 19.7 Å². The summed E-state index contributed by atoms with van der Waals surface area (Å²) in [5.41, 5.74) is 8.14. The van der Waals surface area contributed by atoms with Gasteiger partial charge in [0.1, 0.15) is 5.82 Å². The van der Waals surface area contributed by atoms with Gasteiger partial charge in [-0.3, -0.25) is 4.79 Å². The van der Waals surface area contributed by atoms with Crippen LogP contribution in [0.2, 0.25) is 0 Å². The second-order valence-corrected chi connectivity index (χ2v) is 7.64. The lowest BCUT2D eigenvalue weighted by Crippen LogP contribution is -2.24. The van der Waals surface area contributed by atoms with Crippen molar-refractivity contribution in [2.45, 2.75) is 46.3 Å². The van der Waals surface area contributed by atoms with Crippen LogP contribution in [0.15, 0.2) is 16.9 Å². The predicted molar refractivity (Wildman–Crippen MR) is 103 cm³/mol. The van der Waals surface area contributed by atoms with Gasteiger partial charge < -0.3 is 9.30 Å². The van der Waals surface area contributed by atoms with Crippen molar-refractivity contribution in [3.63, 3.8) is 0 Å². The quantitative estimate of drug-likeness (QED) is 0.543. The van der Waals surface area contributed by atoms with Gasteiger partial charge in [-0.15, -0.1) is 0 Å². The molecule has 0 amide bonds. The number of nitrogens with zero attached hydrogens (tertiary/aromatic N) is 2. The molecule has 0 spiro atoms. The molecule has 0 unspecified atom stereocenters. The summed E-state index contributed by atoms with van der Waals surface area (Å²) in [7, 11) is 1.60. The van der Waals surface area contributed by atoms with E-state index < -0.39 is 0 Å². The molecule has 5 heteroatoms. The number of rotatable bonds is 2. The fourth-order valence-corrected chi connectivity index (χ4v) is 4.75. The Morgan fingerprint density at radius 2 is 1.96 bits per heavy atom. The first-order chi connectivity index (χ1) is 13.0. The third kappa shape index (κ3) is 2.18. The number of pyridine rings is 2. The molecule has 4 nitrogen and oxygen atoms in total. The Kier molecular flexibility index (Phi) is 3.53. The van der Waals surface area contributed by atoms with E-state index in [1.807, 2.05) is 19.9 Å². The van der Waals surface area contributed by atoms with E-state index in [0.717, 1.165) is 58.3 Å². The smallest absolute Gasteiger partial charge is 0.257 e. The molecule has 3 aromatic rings. The number of hydrogen-bond donors (Lipinski definition) is 0. The van der Waals surface area contributed by atoms with Crippen LogP contribution in [0.4, 0.5) is 4.39 Å². The van der Waals surface area contributed by atoms with Gasteiger partial charge in [-0.1, -0.05) is 0 Å². The van der Waals surface area contributed by atoms with Gasteiger partial charge in [0.25, 0.3) is 5.56 Å². The SMILES string of the molecule is COCc1c(C)cc2n(c1=O)Cc1c-2nc2cc(F)c(C)c3c2c1CCC3. The third-order valence-electron chi connectivity index (χ3n) is 6.14. The van der Waals surface area contributed by atoms with E-state index in [9.17, 15) is 9.18 Å². The monoisotopic (exact) mass is 364 g/mol. The summed E-state index contributed by atoms with van der Waals surface area (Å²) in [6.45, 7) is 4.62. The van der Waals surface area contributed by atoms with Crippen molar-refractivity contribution in [3.8, 4) is 11.4 Å². The number of benzene rings is 1. The largest absolute Gasteiger partial charge is 0.380 e. The number of methoxy groups -OCH3 is 1. The highest BCUT2D eigenvalue weighted by Crippen LogP contribution is 2.41. The fraction of sp³-hybridized carbons (Fsp3) is 0.364. The van der Waals surface area contributed by atoms with Gasteiger partial charge in [0.15, 0.2) is 0 Å². The summed E-state index contributed by atoms with van der Waals surface area (Å²) in [6.07, 6.45) is 2.84. The molecular weight excluding hydrogens is 343 g/mol. The Labute approximate surface area is 156 Å². The Balaban J connectivity index is 1.84. The first kappa shape index (κ1) is 16.6. The number of aromatic nitrogens is 2. The fourth-order valence-electron chi connectivity index (χ4n) is 4.75. The van der Waals surface area contributed by atoms with Crippen LogP contribution >= 0.6 is 0 Å². The average Bonchev–Trinajstić information content (AvgIpc) is 3.02. The molecule has 2 aliphatic rings. The van der Waals surface area contributed by atoms with Crippen LogP contribution < -0.4 is 5.56 Å². The number of ether oxygens (including phenoxy) is 1. The molecule has 27 heavy (non-hydrogen) atoms. The number of halogens is 1. The predicted octanol–water partition coefficient (Wildman–Crippen LogP) is 3.82. The molecule has 1 aliphatic heterocycles. The summed E-state index contributed by atoms with van der Waals surface area (Å²) in [5, 5.41) is 1.11. The minimum absolute atomic E-state index is 0.0144. The molecule has 0 N–H and O–H groups in total. The van der Waals surface area contributed by atoms with Crippen molar-refractivity contribution in [3.05, 3.63) is 61.7 Å². The molecular formula is C22H21FN2O2. The van der Waals surface area contributed by atoms with Crippen molar-refractivity contribution < 1.29 is 9.13 Å². The minimum Gasteiger partial charge on any atom is -0.380 e. The van der Waals surface area contributed by atoms with Gasteiger partial charge in [0, 0.05) is 29.7 Å². The highest BCUT2D eigenvalue weighted by atomic mass is 19.1. The van der Waals surface area contributed by atoms with Crippen molar-refractivity contribution in [2.24, 2.45) is 0 Å². The lowest BCUT2D eigenvalue weighted by molar-refractivity contribution is 0.183. The van der Waals surface area contributed by atoms with Crippen LogP contribution in [0.25, 0.3) is 22.3 Å². The summed E-state index contributed by atoms with van der Waals surface area (Å²) in [6, 6.07) is 3.57. The van der Waals surface area contributed by atoms with E-state index in [-0.39, 0.29) is 11.4 Å². The maximum absolute atomic E-state index is 14.5. The normalized spacial score (nSPS) is 14.5. The summed E-state index contributed by atoms with van der Waals surface area (Å²) in [5.74, 6) is -0.195. The molecule has 0 saturated carbocycles. The molecule has 5 rings (SSSR count). The molecule has 0 saturated heterocycles. The van der Waals surface area contributed by atoms with Crippen molar-refractivity contribution in [1.82, 2.24) is 9.55 Å². The molecule has 1 aromatic carbocycles. The molecule has 3 heterocycles. The number of hydrogen-bond acceptors (Lipinski definition) is 3. The van der Waals surface area contributed by atoms with Crippen molar-refractivity contribution >= 4 is 10.9 Å². The highest BCUT2D eigenvalue weighted by Gasteiger charge is 2.30. The van der Waals surface area contributed by atoms with Crippen LogP contribution in [0.5, 0.6) is 0 Å². The second-order valence-electron chi connectivity index (χ2n) is 7.64. The zero-order valence-corrected chi connectivity index (χ0v) is 15.8. The van der Waals surface area contributed by atoms with Crippen molar-refractivity contribution in [1.29, 1.82) is 0 Å². The Hall–Kier alpha value is -2.53. The summed E-state index contributed by atoms with van der Waals surface area (Å²) in [4.78, 5) is 17.8. The van der Waals surface area contributed by atoms with Gasteiger partial charge in [0.05, 0.1) is 30.1 Å². The van der Waals surface area contributed by atoms with E-state index in [2.05, 4.69) is 0 Å². The zero-order chi connectivity index (χ0) is 18.9. The number of fused-ring (bicyclic) bond motifs is 4. The average molecular weight is 364 g/mol. The third-order valence-corrected chi connectivity index (χ3v) is 6.14. The number of aryl methyl sites for hydroxylation is 3. The standard InChI is InChI=1S/C22H21FN2O2/c1-11-7-19-21-15(9-25(19)22(26)16(11)10-27-3)14-6-4-5-13-12(2)17(23)8-18(24-21)20(13)14/h7-8H,4-6,9-10H2,1-3H3. The minimum atomic E-state index is -0.195. The van der Waals surface area contributed by atoms with Gasteiger partial charge >= 0.3 is 0 Å². The van der Waals surface area contributed by atoms with Gasteiger partial charge in [-0.2, -0.15) is 0 Å². The van der Waals surface area contributed by atoms with E-state index in [4.69, 9.17) is 9.72 Å². The molecule has 0 atom stereocenters. The lowest BCUT2D eigenvalue weighted by Gasteiger charge is -2.21. The summed E-state index contributed by atoms with van der Waals surface area (Å²) >= 11 is 0. The van der Waals surface area contributed by atoms with E-state index in [0.29, 0.717) is 24.2 Å². The lowest BCUT2D eigenvalue weighted by atomic mass is 9.85. The maximum Gasteiger partial charge on any atom is 0.257 e. The molecule has 0 fully saturated rings. The Morgan fingerprint density at radius 1 is 1.19 bits per heavy atom. The van der Waals surface area contributed by atoms with Gasteiger partial charge in [-0.25, -0.2) is 9.37 Å². The van der Waals surface area contributed by atoms with Crippen LogP contribution in [0.1, 0.15) is 39.8 Å². The van der Waals surface area contributed by atoms with E-state index in [1.54, 1.807) is 17.7 Å². The first-order valence-electron chi connectivity index (χ1n) is 9.37. The summed E-state index contributed by atoms with van der Waals surface area (Å²) < 4.78 is 21.5. The second kappa shape index (κ2) is 5.73. The highest BCUT2D eigenvalue weighted by molar-refractivity contribution is 5.92. The van der Waals surface area contributed by atoms with Crippen LogP contribution in [0.3, 0.4) is 0 Å². The molecule has 2 aromatic heterocycles. The molecule has 0 radical (unpaired) electrons. The van der Waals surface area contributed by atoms with E-state index >= 15 is 0 Å². The van der Waals surface area contributed by atoms with Crippen molar-refractivity contribution in [2.75, 3.05) is 7.11 Å². The molecule has 0 bridgehead atoms. The van der Waals surface area contributed by atoms with E-state index in [1.165, 1.54) is 5.56 Å². The first-order valence-corrected chi connectivity index (χ1v) is 9.37. The van der Waals surface area contributed by atoms with Crippen LogP contribution in [-0.2, 0) is 30.7 Å². The molecule has 138 valence electrons. The van der Waals surface area contributed by atoms with Gasteiger partial charge in [-0.05, 0) is 61.4 Å². The zero-order valence-electron chi connectivity index (χ0n) is 15.8. The maximum atomic E-state index is 14.5.